The Labute approximate surface area is 60.9 Å². The summed E-state index contributed by atoms with van der Waals surface area (Å²) in [6.45, 7) is 9.68. The van der Waals surface area contributed by atoms with Crippen LogP contribution in [0.25, 0.3) is 0 Å². The summed E-state index contributed by atoms with van der Waals surface area (Å²) < 4.78 is 4.88. The van der Waals surface area contributed by atoms with E-state index < -0.39 is 0 Å². The second-order valence-electron chi connectivity index (χ2n) is 3.68. The van der Waals surface area contributed by atoms with Crippen LogP contribution in [0.4, 0.5) is 0 Å². The summed E-state index contributed by atoms with van der Waals surface area (Å²) in [5.41, 5.74) is 0.609. The Morgan fingerprint density at radius 3 is 2.10 bits per heavy atom. The summed E-state index contributed by atoms with van der Waals surface area (Å²) >= 11 is 0. The van der Waals surface area contributed by atoms with Gasteiger partial charge in [-0.2, -0.15) is 0 Å². The van der Waals surface area contributed by atoms with Crippen LogP contribution in [0.15, 0.2) is 12.2 Å². The normalized spacial score (nSPS) is 25.7. The van der Waals surface area contributed by atoms with Gasteiger partial charge in [0.25, 0.3) is 0 Å². The van der Waals surface area contributed by atoms with Crippen molar-refractivity contribution in [1.82, 2.24) is 0 Å². The van der Waals surface area contributed by atoms with Crippen molar-refractivity contribution in [2.24, 2.45) is 5.41 Å². The van der Waals surface area contributed by atoms with Gasteiger partial charge in [0.1, 0.15) is 6.10 Å². The van der Waals surface area contributed by atoms with E-state index in [2.05, 4.69) is 6.58 Å². The van der Waals surface area contributed by atoms with Crippen LogP contribution >= 0.6 is 0 Å². The lowest BCUT2D eigenvalue weighted by Gasteiger charge is -2.37. The molecule has 1 rings (SSSR count). The van der Waals surface area contributed by atoms with Crippen LogP contribution < -0.4 is 0 Å². The van der Waals surface area contributed by atoms with E-state index in [1.54, 1.807) is 0 Å². The number of ether oxygens (including phenoxy) is 1. The summed E-state index contributed by atoms with van der Waals surface area (Å²) in [7, 11) is 0. The van der Waals surface area contributed by atoms with Gasteiger partial charge in [-0.3, -0.25) is 0 Å². The second-order valence-corrected chi connectivity index (χ2v) is 3.68. The van der Waals surface area contributed by atoms with E-state index in [4.69, 9.17) is 4.74 Å². The first-order valence-electron chi connectivity index (χ1n) is 3.32. The Kier molecular flexibility index (Phi) is 1.35. The van der Waals surface area contributed by atoms with Crippen LogP contribution in [-0.2, 0) is 9.53 Å². The van der Waals surface area contributed by atoms with Crippen LogP contribution in [-0.4, -0.2) is 12.1 Å². The summed E-state index contributed by atoms with van der Waals surface area (Å²) in [5, 5.41) is 0. The molecule has 0 spiro atoms. The Morgan fingerprint density at radius 1 is 1.50 bits per heavy atom. The molecule has 2 heteroatoms. The Morgan fingerprint density at radius 2 is 2.00 bits per heavy atom. The summed E-state index contributed by atoms with van der Waals surface area (Å²) in [4.78, 5) is 10.6. The third kappa shape index (κ3) is 0.939. The fourth-order valence-electron chi connectivity index (χ4n) is 1.00. The minimum Gasteiger partial charge on any atom is -0.453 e. The highest BCUT2D eigenvalue weighted by atomic mass is 16.6. The molecule has 0 aromatic carbocycles. The van der Waals surface area contributed by atoms with Gasteiger partial charge in [-0.15, -0.1) is 0 Å². The van der Waals surface area contributed by atoms with E-state index in [9.17, 15) is 4.79 Å². The van der Waals surface area contributed by atoms with Crippen LogP contribution in [0, 0.1) is 5.41 Å². The van der Waals surface area contributed by atoms with Crippen molar-refractivity contribution in [3.8, 4) is 0 Å². The fraction of sp³-hybridized carbons (Fsp3) is 0.625. The van der Waals surface area contributed by atoms with E-state index in [0.717, 1.165) is 0 Å². The fourth-order valence-corrected chi connectivity index (χ4v) is 1.00. The number of carbonyl (C=O) groups is 1. The van der Waals surface area contributed by atoms with Gasteiger partial charge >= 0.3 is 5.97 Å². The predicted molar refractivity (Wildman–Crippen MR) is 38.5 cm³/mol. The van der Waals surface area contributed by atoms with Gasteiger partial charge in [-0.1, -0.05) is 27.4 Å². The van der Waals surface area contributed by atoms with Crippen molar-refractivity contribution >= 4 is 5.97 Å². The van der Waals surface area contributed by atoms with Crippen LogP contribution in [0.3, 0.4) is 0 Å². The molecule has 1 aliphatic heterocycles. The highest BCUT2D eigenvalue weighted by molar-refractivity contribution is 5.95. The standard InChI is InChI=1S/C8H12O2/c1-5-6(8(2,3)4)10-7(5)9/h6H,1H2,2-4H3. The van der Waals surface area contributed by atoms with Crippen LogP contribution in [0.1, 0.15) is 20.8 Å². The van der Waals surface area contributed by atoms with Crippen LogP contribution in [0.5, 0.6) is 0 Å². The van der Waals surface area contributed by atoms with Gasteiger partial charge in [0, 0.05) is 5.41 Å². The summed E-state index contributed by atoms with van der Waals surface area (Å²) in [5.74, 6) is -0.250. The summed E-state index contributed by atoms with van der Waals surface area (Å²) in [6.07, 6.45) is -0.0694. The highest BCUT2D eigenvalue weighted by Gasteiger charge is 2.42. The number of rotatable bonds is 0. The Balaban J connectivity index is 2.65. The van der Waals surface area contributed by atoms with E-state index in [0.29, 0.717) is 5.57 Å². The van der Waals surface area contributed by atoms with E-state index in [-0.39, 0.29) is 17.5 Å². The van der Waals surface area contributed by atoms with Crippen molar-refractivity contribution in [3.63, 3.8) is 0 Å². The molecule has 0 aromatic heterocycles. The molecule has 1 heterocycles. The SMILES string of the molecule is C=C1C(=O)OC1C(C)(C)C. The highest BCUT2D eigenvalue weighted by Crippen LogP contribution is 2.34. The molecule has 0 saturated carbocycles. The minimum absolute atomic E-state index is 0.00495. The molecule has 0 aromatic rings. The molecule has 1 unspecified atom stereocenters. The molecular formula is C8H12O2. The quantitative estimate of drug-likeness (QED) is 0.376. The molecule has 0 bridgehead atoms. The maximum absolute atomic E-state index is 10.6. The molecule has 2 nitrogen and oxygen atoms in total. The largest absolute Gasteiger partial charge is 0.453 e. The predicted octanol–water partition coefficient (Wildman–Crippen LogP) is 1.51. The topological polar surface area (TPSA) is 26.3 Å². The molecule has 1 aliphatic rings. The van der Waals surface area contributed by atoms with Gasteiger partial charge in [-0.25, -0.2) is 4.79 Å². The first-order valence-corrected chi connectivity index (χ1v) is 3.32. The van der Waals surface area contributed by atoms with Gasteiger partial charge in [-0.05, 0) is 0 Å². The van der Waals surface area contributed by atoms with Gasteiger partial charge in [0.15, 0.2) is 0 Å². The number of esters is 1. The third-order valence-corrected chi connectivity index (χ3v) is 1.59. The number of cyclic esters (lactones) is 1. The average molecular weight is 140 g/mol. The smallest absolute Gasteiger partial charge is 0.337 e. The van der Waals surface area contributed by atoms with Crippen molar-refractivity contribution in [2.75, 3.05) is 0 Å². The Bertz CT molecular complexity index is 186. The zero-order valence-electron chi connectivity index (χ0n) is 6.60. The molecule has 0 aliphatic carbocycles. The molecule has 1 fully saturated rings. The molecule has 0 amide bonds. The van der Waals surface area contributed by atoms with Crippen molar-refractivity contribution in [1.29, 1.82) is 0 Å². The van der Waals surface area contributed by atoms with Gasteiger partial charge in [0.05, 0.1) is 5.57 Å². The van der Waals surface area contributed by atoms with Crippen molar-refractivity contribution in [3.05, 3.63) is 12.2 Å². The minimum atomic E-state index is -0.250. The molecule has 0 radical (unpaired) electrons. The molecule has 0 N–H and O–H groups in total. The lowest BCUT2D eigenvalue weighted by molar-refractivity contribution is -0.163. The lowest BCUT2D eigenvalue weighted by Crippen LogP contribution is -2.44. The van der Waals surface area contributed by atoms with E-state index >= 15 is 0 Å². The van der Waals surface area contributed by atoms with E-state index in [1.807, 2.05) is 20.8 Å². The number of carbonyl (C=O) groups excluding carboxylic acids is 1. The zero-order chi connectivity index (χ0) is 7.94. The first kappa shape index (κ1) is 7.32. The van der Waals surface area contributed by atoms with Crippen molar-refractivity contribution < 1.29 is 9.53 Å². The monoisotopic (exact) mass is 140 g/mol. The van der Waals surface area contributed by atoms with Crippen LogP contribution in [0.2, 0.25) is 0 Å². The second kappa shape index (κ2) is 1.84. The molecular weight excluding hydrogens is 128 g/mol. The molecule has 1 atom stereocenters. The molecule has 56 valence electrons. The zero-order valence-corrected chi connectivity index (χ0v) is 6.60. The van der Waals surface area contributed by atoms with E-state index in [1.165, 1.54) is 0 Å². The van der Waals surface area contributed by atoms with Gasteiger partial charge < -0.3 is 4.74 Å². The average Bonchev–Trinajstić information content (AvgIpc) is 1.79. The lowest BCUT2D eigenvalue weighted by atomic mass is 9.82. The Hall–Kier alpha value is -0.790. The maximum Gasteiger partial charge on any atom is 0.337 e. The first-order chi connectivity index (χ1) is 4.43. The third-order valence-electron chi connectivity index (χ3n) is 1.59. The van der Waals surface area contributed by atoms with Crippen molar-refractivity contribution in [2.45, 2.75) is 26.9 Å². The molecule has 1 saturated heterocycles. The number of hydrogen-bond donors (Lipinski definition) is 0. The maximum atomic E-state index is 10.6. The summed E-state index contributed by atoms with van der Waals surface area (Å²) in [6, 6.07) is 0. The number of hydrogen-bond acceptors (Lipinski definition) is 2. The molecule has 10 heavy (non-hydrogen) atoms. The van der Waals surface area contributed by atoms with Gasteiger partial charge in [0.2, 0.25) is 0 Å².